The SMILES string of the molecule is CC(C)(C)OC(=O)n1ncc2cccc(Br)c21. The van der Waals surface area contributed by atoms with E-state index in [2.05, 4.69) is 21.0 Å². The Morgan fingerprint density at radius 3 is 2.76 bits per heavy atom. The summed E-state index contributed by atoms with van der Waals surface area (Å²) in [5.74, 6) is 0. The van der Waals surface area contributed by atoms with Gasteiger partial charge in [0.1, 0.15) is 5.60 Å². The number of fused-ring (bicyclic) bond motifs is 1. The van der Waals surface area contributed by atoms with Crippen LogP contribution in [0.5, 0.6) is 0 Å². The summed E-state index contributed by atoms with van der Waals surface area (Å²) in [5, 5.41) is 4.95. The van der Waals surface area contributed by atoms with Crippen LogP contribution in [0.1, 0.15) is 20.8 Å². The summed E-state index contributed by atoms with van der Waals surface area (Å²) in [4.78, 5) is 11.9. The maximum Gasteiger partial charge on any atom is 0.435 e. The number of nitrogens with zero attached hydrogens (tertiary/aromatic N) is 2. The lowest BCUT2D eigenvalue weighted by Gasteiger charge is -2.19. The average molecular weight is 297 g/mol. The molecule has 0 atom stereocenters. The van der Waals surface area contributed by atoms with Crippen molar-refractivity contribution in [2.45, 2.75) is 26.4 Å². The molecule has 0 radical (unpaired) electrons. The van der Waals surface area contributed by atoms with Crippen LogP contribution in [0, 0.1) is 0 Å². The van der Waals surface area contributed by atoms with E-state index < -0.39 is 11.7 Å². The van der Waals surface area contributed by atoms with E-state index in [9.17, 15) is 4.79 Å². The zero-order chi connectivity index (χ0) is 12.6. The molecule has 0 aliphatic rings. The Morgan fingerprint density at radius 1 is 1.41 bits per heavy atom. The van der Waals surface area contributed by atoms with Crippen LogP contribution in [-0.4, -0.2) is 21.5 Å². The van der Waals surface area contributed by atoms with Gasteiger partial charge in [0.25, 0.3) is 0 Å². The first-order valence-electron chi connectivity index (χ1n) is 5.24. The minimum absolute atomic E-state index is 0.473. The number of para-hydroxylation sites is 1. The van der Waals surface area contributed by atoms with Crippen LogP contribution in [0.2, 0.25) is 0 Å². The number of carbonyl (C=O) groups excluding carboxylic acids is 1. The van der Waals surface area contributed by atoms with E-state index in [4.69, 9.17) is 4.74 Å². The fraction of sp³-hybridized carbons (Fsp3) is 0.333. The van der Waals surface area contributed by atoms with Gasteiger partial charge < -0.3 is 4.74 Å². The highest BCUT2D eigenvalue weighted by Gasteiger charge is 2.20. The third kappa shape index (κ3) is 2.49. The molecule has 2 aromatic rings. The smallest absolute Gasteiger partial charge is 0.435 e. The Balaban J connectivity index is 2.46. The molecule has 0 aliphatic carbocycles. The number of hydrogen-bond donors (Lipinski definition) is 0. The van der Waals surface area contributed by atoms with E-state index in [-0.39, 0.29) is 0 Å². The number of rotatable bonds is 0. The summed E-state index contributed by atoms with van der Waals surface area (Å²) in [6.45, 7) is 5.48. The molecular formula is C12H13BrN2O2. The van der Waals surface area contributed by atoms with Crippen LogP contribution >= 0.6 is 15.9 Å². The number of hydrogen-bond acceptors (Lipinski definition) is 3. The molecule has 0 saturated carbocycles. The molecule has 0 bridgehead atoms. The second kappa shape index (κ2) is 4.14. The molecule has 90 valence electrons. The van der Waals surface area contributed by atoms with E-state index in [0.717, 1.165) is 15.4 Å². The van der Waals surface area contributed by atoms with E-state index in [1.165, 1.54) is 4.68 Å². The number of aromatic nitrogens is 2. The Bertz CT molecular complexity index is 569. The van der Waals surface area contributed by atoms with Crippen molar-refractivity contribution in [1.82, 2.24) is 9.78 Å². The van der Waals surface area contributed by atoms with E-state index >= 15 is 0 Å². The molecule has 4 nitrogen and oxygen atoms in total. The monoisotopic (exact) mass is 296 g/mol. The molecule has 0 unspecified atom stereocenters. The third-order valence-corrected chi connectivity index (χ3v) is 2.75. The highest BCUT2D eigenvalue weighted by atomic mass is 79.9. The fourth-order valence-corrected chi connectivity index (χ4v) is 2.03. The van der Waals surface area contributed by atoms with Gasteiger partial charge in [-0.1, -0.05) is 12.1 Å². The second-order valence-corrected chi connectivity index (χ2v) is 5.57. The minimum atomic E-state index is -0.531. The van der Waals surface area contributed by atoms with Gasteiger partial charge in [-0.25, -0.2) is 4.79 Å². The Morgan fingerprint density at radius 2 is 2.12 bits per heavy atom. The first-order valence-corrected chi connectivity index (χ1v) is 6.03. The van der Waals surface area contributed by atoms with Crippen LogP contribution in [-0.2, 0) is 4.74 Å². The van der Waals surface area contributed by atoms with E-state index in [1.54, 1.807) is 6.20 Å². The standard InChI is InChI=1S/C12H13BrN2O2/c1-12(2,3)17-11(16)15-10-8(7-14-15)5-4-6-9(10)13/h4-7H,1-3H3. The lowest BCUT2D eigenvalue weighted by atomic mass is 10.2. The largest absolute Gasteiger partial charge is 0.442 e. The van der Waals surface area contributed by atoms with Crippen LogP contribution in [0.4, 0.5) is 4.79 Å². The number of ether oxygens (including phenoxy) is 1. The van der Waals surface area contributed by atoms with Crippen LogP contribution in [0.3, 0.4) is 0 Å². The van der Waals surface area contributed by atoms with E-state index in [1.807, 2.05) is 39.0 Å². The zero-order valence-corrected chi connectivity index (χ0v) is 11.5. The third-order valence-electron chi connectivity index (χ3n) is 2.11. The molecule has 1 aromatic heterocycles. The lowest BCUT2D eigenvalue weighted by molar-refractivity contribution is 0.0522. The minimum Gasteiger partial charge on any atom is -0.442 e. The first-order chi connectivity index (χ1) is 7.88. The van der Waals surface area contributed by atoms with Gasteiger partial charge in [-0.3, -0.25) is 0 Å². The molecule has 5 heteroatoms. The topological polar surface area (TPSA) is 44.1 Å². The average Bonchev–Trinajstić information content (AvgIpc) is 2.60. The summed E-state index contributed by atoms with van der Waals surface area (Å²) in [7, 11) is 0. The summed E-state index contributed by atoms with van der Waals surface area (Å²) in [5.41, 5.74) is 0.193. The normalized spacial score (nSPS) is 11.8. The predicted molar refractivity (Wildman–Crippen MR) is 69.1 cm³/mol. The Labute approximate surface area is 108 Å². The van der Waals surface area contributed by atoms with Gasteiger partial charge in [0.2, 0.25) is 0 Å². The summed E-state index contributed by atoms with van der Waals surface area (Å²) in [6, 6.07) is 5.66. The molecule has 0 N–H and O–H groups in total. The highest BCUT2D eigenvalue weighted by Crippen LogP contribution is 2.24. The number of carbonyl (C=O) groups is 1. The molecule has 1 aromatic carbocycles. The van der Waals surface area contributed by atoms with Crippen molar-refractivity contribution in [1.29, 1.82) is 0 Å². The van der Waals surface area contributed by atoms with Gasteiger partial charge in [-0.05, 0) is 42.8 Å². The summed E-state index contributed by atoms with van der Waals surface area (Å²) in [6.07, 6.45) is 1.17. The van der Waals surface area contributed by atoms with Crippen molar-refractivity contribution in [3.8, 4) is 0 Å². The summed E-state index contributed by atoms with van der Waals surface area (Å²) < 4.78 is 7.37. The molecule has 0 spiro atoms. The number of halogens is 1. The molecule has 17 heavy (non-hydrogen) atoms. The van der Waals surface area contributed by atoms with Crippen molar-refractivity contribution in [3.63, 3.8) is 0 Å². The van der Waals surface area contributed by atoms with Gasteiger partial charge in [-0.15, -0.1) is 0 Å². The molecule has 0 amide bonds. The lowest BCUT2D eigenvalue weighted by Crippen LogP contribution is -2.27. The van der Waals surface area contributed by atoms with E-state index in [0.29, 0.717) is 0 Å². The molecule has 0 fully saturated rings. The van der Waals surface area contributed by atoms with Crippen molar-refractivity contribution in [3.05, 3.63) is 28.9 Å². The molecule has 1 heterocycles. The molecule has 0 aliphatic heterocycles. The van der Waals surface area contributed by atoms with Crippen molar-refractivity contribution in [2.75, 3.05) is 0 Å². The molecular weight excluding hydrogens is 284 g/mol. The van der Waals surface area contributed by atoms with Gasteiger partial charge >= 0.3 is 6.09 Å². The highest BCUT2D eigenvalue weighted by molar-refractivity contribution is 9.10. The van der Waals surface area contributed by atoms with Gasteiger partial charge in [0.05, 0.1) is 11.7 Å². The van der Waals surface area contributed by atoms with Gasteiger partial charge in [-0.2, -0.15) is 9.78 Å². The maximum atomic E-state index is 11.9. The van der Waals surface area contributed by atoms with Crippen molar-refractivity contribution >= 4 is 32.9 Å². The first kappa shape index (κ1) is 12.1. The van der Waals surface area contributed by atoms with Crippen LogP contribution in [0.25, 0.3) is 10.9 Å². The zero-order valence-electron chi connectivity index (χ0n) is 9.90. The molecule has 2 rings (SSSR count). The van der Waals surface area contributed by atoms with Crippen molar-refractivity contribution in [2.24, 2.45) is 0 Å². The van der Waals surface area contributed by atoms with Gasteiger partial charge in [0, 0.05) is 9.86 Å². The fourth-order valence-electron chi connectivity index (χ4n) is 1.48. The quantitative estimate of drug-likeness (QED) is 0.746. The maximum absolute atomic E-state index is 11.9. The summed E-state index contributed by atoms with van der Waals surface area (Å²) >= 11 is 3.41. The Hall–Kier alpha value is -1.36. The van der Waals surface area contributed by atoms with Crippen molar-refractivity contribution < 1.29 is 9.53 Å². The van der Waals surface area contributed by atoms with Crippen LogP contribution < -0.4 is 0 Å². The second-order valence-electron chi connectivity index (χ2n) is 4.71. The van der Waals surface area contributed by atoms with Gasteiger partial charge in [0.15, 0.2) is 0 Å². The Kier molecular flexibility index (Phi) is 2.95. The molecule has 0 saturated heterocycles. The predicted octanol–water partition coefficient (Wildman–Crippen LogP) is 3.58. The number of benzene rings is 1. The van der Waals surface area contributed by atoms with Crippen LogP contribution in [0.15, 0.2) is 28.9 Å².